The molecule has 2 N–H and O–H groups in total. The topological polar surface area (TPSA) is 40.5 Å². The van der Waals surface area contributed by atoms with Gasteiger partial charge in [0.15, 0.2) is 0 Å². The van der Waals surface area contributed by atoms with E-state index in [0.29, 0.717) is 5.30 Å². The summed E-state index contributed by atoms with van der Waals surface area (Å²) >= 11 is 0. The standard InChI is InChI=1S/C38H57O2P/c1-7-13-22-30-26-32(18-9-3)35(20-11-5)37(28-30)41(39,40,34-24-16-15-17-25-34)38-29-31(23-14-8-2)27-33(19-10-4)36(38)21-12-6/h15-17,24-29,39-40H,7-14,18-23H2,1-6H3. The molecule has 0 atom stereocenters. The second-order valence-electron chi connectivity index (χ2n) is 12.1. The Hall–Kier alpha value is -1.99. The molecule has 0 fully saturated rings. The summed E-state index contributed by atoms with van der Waals surface area (Å²) < 4.78 is 0. The molecule has 0 saturated carbocycles. The molecule has 0 unspecified atom stereocenters. The monoisotopic (exact) mass is 576 g/mol. The third-order valence-electron chi connectivity index (χ3n) is 8.59. The van der Waals surface area contributed by atoms with Crippen molar-refractivity contribution >= 4 is 23.0 Å². The number of unbranched alkanes of at least 4 members (excludes halogenated alkanes) is 2. The number of hydrogen-bond donors (Lipinski definition) is 2. The molecule has 3 aromatic rings. The fourth-order valence-electron chi connectivity index (χ4n) is 6.55. The first-order valence-electron chi connectivity index (χ1n) is 16.7. The summed E-state index contributed by atoms with van der Waals surface area (Å²) in [4.78, 5) is 27.4. The van der Waals surface area contributed by atoms with Crippen LogP contribution in [0.3, 0.4) is 0 Å². The molecule has 0 bridgehead atoms. The first-order valence-corrected chi connectivity index (χ1v) is 18.8. The van der Waals surface area contributed by atoms with Crippen LogP contribution in [-0.4, -0.2) is 9.79 Å². The Morgan fingerprint density at radius 2 is 0.902 bits per heavy atom. The first-order chi connectivity index (χ1) is 19.8. The molecule has 2 nitrogen and oxygen atoms in total. The van der Waals surface area contributed by atoms with Crippen molar-refractivity contribution in [2.45, 2.75) is 131 Å². The Morgan fingerprint density at radius 1 is 0.488 bits per heavy atom. The maximum absolute atomic E-state index is 13.7. The molecule has 0 heterocycles. The molecule has 0 amide bonds. The minimum atomic E-state index is -4.83. The zero-order chi connectivity index (χ0) is 29.9. The van der Waals surface area contributed by atoms with Crippen LogP contribution in [0.25, 0.3) is 0 Å². The third kappa shape index (κ3) is 7.33. The van der Waals surface area contributed by atoms with Crippen LogP contribution in [0.4, 0.5) is 0 Å². The normalized spacial score (nSPS) is 12.8. The van der Waals surface area contributed by atoms with E-state index in [4.69, 9.17) is 0 Å². The number of hydrogen-bond acceptors (Lipinski definition) is 2. The van der Waals surface area contributed by atoms with Gasteiger partial charge in [-0.2, -0.15) is 0 Å². The molecule has 41 heavy (non-hydrogen) atoms. The predicted octanol–water partition coefficient (Wildman–Crippen LogP) is 8.83. The van der Waals surface area contributed by atoms with Gasteiger partial charge in [0.25, 0.3) is 0 Å². The Labute approximate surface area is 251 Å². The van der Waals surface area contributed by atoms with Gasteiger partial charge >= 0.3 is 252 Å². The Kier molecular flexibility index (Phi) is 12.6. The predicted molar refractivity (Wildman–Crippen MR) is 183 cm³/mol. The molecule has 0 saturated heterocycles. The van der Waals surface area contributed by atoms with Gasteiger partial charge in [0.05, 0.1) is 0 Å². The van der Waals surface area contributed by atoms with Gasteiger partial charge in [-0.05, 0) is 0 Å². The van der Waals surface area contributed by atoms with E-state index in [-0.39, 0.29) is 0 Å². The minimum absolute atomic E-state index is 0.665. The zero-order valence-electron chi connectivity index (χ0n) is 26.9. The van der Waals surface area contributed by atoms with Gasteiger partial charge in [-0.3, -0.25) is 0 Å². The summed E-state index contributed by atoms with van der Waals surface area (Å²) in [7, 11) is -4.83. The number of benzene rings is 3. The van der Waals surface area contributed by atoms with Crippen LogP contribution in [0.1, 0.15) is 126 Å². The van der Waals surface area contributed by atoms with Crippen LogP contribution in [0.15, 0.2) is 54.6 Å². The average Bonchev–Trinajstić information content (AvgIpc) is 2.97. The summed E-state index contributed by atoms with van der Waals surface area (Å²) in [6.07, 6.45) is 14.0. The van der Waals surface area contributed by atoms with Crippen LogP contribution >= 0.6 is 7.06 Å². The van der Waals surface area contributed by atoms with Gasteiger partial charge in [-0.15, -0.1) is 0 Å². The van der Waals surface area contributed by atoms with Gasteiger partial charge in [0.1, 0.15) is 0 Å². The van der Waals surface area contributed by atoms with E-state index in [1.807, 2.05) is 30.3 Å². The summed E-state index contributed by atoms with van der Waals surface area (Å²) in [5.41, 5.74) is 7.43. The van der Waals surface area contributed by atoms with Gasteiger partial charge in [-0.1, -0.05) is 0 Å². The maximum atomic E-state index is 13.7. The second kappa shape index (κ2) is 15.5. The van der Waals surface area contributed by atoms with E-state index in [2.05, 4.69) is 65.8 Å². The van der Waals surface area contributed by atoms with Gasteiger partial charge in [0.2, 0.25) is 0 Å². The van der Waals surface area contributed by atoms with E-state index < -0.39 is 7.06 Å². The molecular weight excluding hydrogens is 519 g/mol. The number of rotatable bonds is 17. The molecule has 0 radical (unpaired) electrons. The fourth-order valence-corrected chi connectivity index (χ4v) is 10.5. The van der Waals surface area contributed by atoms with E-state index in [0.717, 1.165) is 101 Å². The molecule has 3 heteroatoms. The van der Waals surface area contributed by atoms with Crippen LogP contribution in [-0.2, 0) is 38.5 Å². The van der Waals surface area contributed by atoms with Crippen LogP contribution in [0.2, 0.25) is 0 Å². The molecule has 0 spiro atoms. The van der Waals surface area contributed by atoms with Crippen LogP contribution in [0.5, 0.6) is 0 Å². The molecule has 3 aromatic carbocycles. The SMILES string of the molecule is CCCCc1cc(CCC)c(CCC)c(P(O)(O)(c2ccccc2)c2cc(CCCC)cc(CCC)c2CCC)c1. The van der Waals surface area contributed by atoms with Crippen LogP contribution < -0.4 is 15.9 Å². The van der Waals surface area contributed by atoms with E-state index >= 15 is 0 Å². The van der Waals surface area contributed by atoms with E-state index in [1.165, 1.54) is 33.4 Å². The summed E-state index contributed by atoms with van der Waals surface area (Å²) in [5.74, 6) is 0. The second-order valence-corrected chi connectivity index (χ2v) is 15.6. The molecule has 0 aliphatic rings. The van der Waals surface area contributed by atoms with Crippen molar-refractivity contribution in [1.82, 2.24) is 0 Å². The van der Waals surface area contributed by atoms with Crippen molar-refractivity contribution in [2.24, 2.45) is 0 Å². The molecule has 0 aromatic heterocycles. The first kappa shape index (κ1) is 33.5. The van der Waals surface area contributed by atoms with Crippen molar-refractivity contribution in [3.8, 4) is 0 Å². The van der Waals surface area contributed by atoms with E-state index in [1.54, 1.807) is 0 Å². The van der Waals surface area contributed by atoms with Crippen molar-refractivity contribution in [3.63, 3.8) is 0 Å². The van der Waals surface area contributed by atoms with Crippen molar-refractivity contribution in [2.75, 3.05) is 0 Å². The van der Waals surface area contributed by atoms with Gasteiger partial charge in [0, 0.05) is 0 Å². The Balaban J connectivity index is 2.58. The summed E-state index contributed by atoms with van der Waals surface area (Å²) in [6.45, 7) is 13.4. The average molecular weight is 577 g/mol. The summed E-state index contributed by atoms with van der Waals surface area (Å²) in [6, 6.07) is 19.1. The van der Waals surface area contributed by atoms with Gasteiger partial charge in [-0.25, -0.2) is 0 Å². The van der Waals surface area contributed by atoms with Crippen molar-refractivity contribution in [1.29, 1.82) is 0 Å². The van der Waals surface area contributed by atoms with E-state index in [9.17, 15) is 9.79 Å². The van der Waals surface area contributed by atoms with Crippen LogP contribution in [0, 0.1) is 0 Å². The molecular formula is C38H57O2P. The molecule has 0 aliphatic heterocycles. The van der Waals surface area contributed by atoms with Gasteiger partial charge < -0.3 is 0 Å². The number of aryl methyl sites for hydroxylation is 4. The zero-order valence-corrected chi connectivity index (χ0v) is 27.8. The Bertz CT molecular complexity index is 1170. The van der Waals surface area contributed by atoms with Crippen molar-refractivity contribution < 1.29 is 9.79 Å². The third-order valence-corrected chi connectivity index (χ3v) is 12.5. The molecule has 226 valence electrons. The molecule has 3 rings (SSSR count). The Morgan fingerprint density at radius 3 is 1.27 bits per heavy atom. The van der Waals surface area contributed by atoms with Crippen molar-refractivity contribution in [3.05, 3.63) is 88.0 Å². The fraction of sp³-hybridized carbons (Fsp3) is 0.526. The molecule has 0 aliphatic carbocycles. The summed E-state index contributed by atoms with van der Waals surface area (Å²) in [5, 5.41) is 2.26. The quantitative estimate of drug-likeness (QED) is 0.158.